The van der Waals surface area contributed by atoms with Crippen LogP contribution < -0.4 is 4.74 Å². The molecule has 2 aliphatic heterocycles. The number of para-hydroxylation sites is 1. The van der Waals surface area contributed by atoms with Gasteiger partial charge in [0.2, 0.25) is 0 Å². The van der Waals surface area contributed by atoms with Crippen LogP contribution in [0.15, 0.2) is 36.7 Å². The molecule has 0 radical (unpaired) electrons. The number of benzene rings is 1. The normalized spacial score (nSPS) is 23.7. The van der Waals surface area contributed by atoms with Gasteiger partial charge in [-0.25, -0.2) is 9.97 Å². The third kappa shape index (κ3) is 5.17. The lowest BCUT2D eigenvalue weighted by Gasteiger charge is -2.44. The second kappa shape index (κ2) is 10.3. The van der Waals surface area contributed by atoms with E-state index in [2.05, 4.69) is 16.0 Å². The molecule has 1 aromatic heterocycles. The Morgan fingerprint density at radius 3 is 2.69 bits per heavy atom. The van der Waals surface area contributed by atoms with Crippen LogP contribution in [0.25, 0.3) is 0 Å². The molecule has 1 aromatic carbocycles. The Labute approximate surface area is 206 Å². The average Bonchev–Trinajstić information content (AvgIpc) is 3.74. The van der Waals surface area contributed by atoms with Crippen LogP contribution >= 0.6 is 0 Å². The minimum absolute atomic E-state index is 0.0599. The standard InChI is InChI=1S/C27H34N4O4/c1-2-30-13-15-34-23-9-4-3-7-20(23)8-5-6-12-27(26(30)33)19-31(14-16-35-27)25(32)22-17-28-24(29-18-22)21-10-11-21/h3-4,7,9,17-18,21H,2,5-6,8,10-16,19H2,1H3. The molecule has 0 N–H and O–H groups in total. The van der Waals surface area contributed by atoms with Gasteiger partial charge < -0.3 is 19.3 Å². The fourth-order valence-corrected chi connectivity index (χ4v) is 5.06. The molecule has 3 aliphatic rings. The lowest BCUT2D eigenvalue weighted by atomic mass is 9.90. The van der Waals surface area contributed by atoms with Crippen molar-refractivity contribution >= 4 is 11.8 Å². The number of hydrogen-bond donors (Lipinski definition) is 0. The lowest BCUT2D eigenvalue weighted by molar-refractivity contribution is -0.170. The van der Waals surface area contributed by atoms with E-state index in [0.717, 1.165) is 43.7 Å². The molecule has 35 heavy (non-hydrogen) atoms. The zero-order valence-electron chi connectivity index (χ0n) is 20.4. The maximum atomic E-state index is 13.8. The van der Waals surface area contributed by atoms with Crippen molar-refractivity contribution < 1.29 is 19.1 Å². The topological polar surface area (TPSA) is 84.9 Å². The van der Waals surface area contributed by atoms with Gasteiger partial charge in [0.05, 0.1) is 25.3 Å². The minimum atomic E-state index is -1.04. The van der Waals surface area contributed by atoms with E-state index in [1.54, 1.807) is 22.2 Å². The van der Waals surface area contributed by atoms with E-state index in [1.807, 2.05) is 25.1 Å². The van der Waals surface area contributed by atoms with E-state index >= 15 is 0 Å². The number of likely N-dealkylation sites (N-methyl/N-ethyl adjacent to an activating group) is 1. The van der Waals surface area contributed by atoms with Gasteiger partial charge in [-0.2, -0.15) is 0 Å². The first-order valence-corrected chi connectivity index (χ1v) is 12.8. The molecule has 1 atom stereocenters. The monoisotopic (exact) mass is 478 g/mol. The Kier molecular flexibility index (Phi) is 7.00. The molecule has 2 fully saturated rings. The molecule has 1 unspecified atom stereocenters. The van der Waals surface area contributed by atoms with Gasteiger partial charge in [-0.3, -0.25) is 9.59 Å². The zero-order chi connectivity index (χ0) is 24.3. The number of morpholine rings is 1. The van der Waals surface area contributed by atoms with Gasteiger partial charge in [0.1, 0.15) is 18.2 Å². The Bertz CT molecular complexity index is 1060. The molecule has 1 saturated carbocycles. The van der Waals surface area contributed by atoms with Gasteiger partial charge in [-0.05, 0) is 57.1 Å². The van der Waals surface area contributed by atoms with Crippen LogP contribution in [-0.4, -0.2) is 76.6 Å². The maximum Gasteiger partial charge on any atom is 0.257 e. The molecule has 2 aromatic rings. The second-order valence-corrected chi connectivity index (χ2v) is 9.72. The summed E-state index contributed by atoms with van der Waals surface area (Å²) < 4.78 is 12.3. The van der Waals surface area contributed by atoms with E-state index in [1.165, 1.54) is 5.56 Å². The van der Waals surface area contributed by atoms with E-state index in [9.17, 15) is 9.59 Å². The van der Waals surface area contributed by atoms with Crippen molar-refractivity contribution in [3.63, 3.8) is 0 Å². The average molecular weight is 479 g/mol. The number of amides is 2. The number of carbonyl (C=O) groups is 2. The predicted molar refractivity (Wildman–Crippen MR) is 130 cm³/mol. The Morgan fingerprint density at radius 2 is 1.91 bits per heavy atom. The molecular weight excluding hydrogens is 444 g/mol. The number of aromatic nitrogens is 2. The highest BCUT2D eigenvalue weighted by atomic mass is 16.5. The van der Waals surface area contributed by atoms with Crippen molar-refractivity contribution in [3.8, 4) is 5.75 Å². The van der Waals surface area contributed by atoms with Gasteiger partial charge in [-0.1, -0.05) is 18.2 Å². The van der Waals surface area contributed by atoms with Crippen LogP contribution in [-0.2, 0) is 16.0 Å². The number of nitrogens with zero attached hydrogens (tertiary/aromatic N) is 4. The number of rotatable bonds is 3. The second-order valence-electron chi connectivity index (χ2n) is 9.72. The smallest absolute Gasteiger partial charge is 0.257 e. The Morgan fingerprint density at radius 1 is 1.11 bits per heavy atom. The van der Waals surface area contributed by atoms with Crippen LogP contribution in [0, 0.1) is 0 Å². The predicted octanol–water partition coefficient (Wildman–Crippen LogP) is 3.22. The molecule has 1 saturated heterocycles. The van der Waals surface area contributed by atoms with Crippen LogP contribution in [0.2, 0.25) is 0 Å². The molecule has 8 heteroatoms. The van der Waals surface area contributed by atoms with Crippen molar-refractivity contribution in [3.05, 3.63) is 53.6 Å². The highest BCUT2D eigenvalue weighted by Gasteiger charge is 2.46. The number of aryl methyl sites for hydroxylation is 1. The third-order valence-electron chi connectivity index (χ3n) is 7.26. The Balaban J connectivity index is 1.34. The van der Waals surface area contributed by atoms with Gasteiger partial charge in [0, 0.05) is 31.4 Å². The number of hydrogen-bond acceptors (Lipinski definition) is 6. The number of ether oxygens (including phenoxy) is 2. The van der Waals surface area contributed by atoms with Crippen LogP contribution in [0.1, 0.15) is 66.7 Å². The molecule has 8 nitrogen and oxygen atoms in total. The van der Waals surface area contributed by atoms with E-state index < -0.39 is 5.60 Å². The summed E-state index contributed by atoms with van der Waals surface area (Å²) in [6, 6.07) is 8.11. The molecule has 186 valence electrons. The summed E-state index contributed by atoms with van der Waals surface area (Å²) in [4.78, 5) is 39.5. The molecule has 5 rings (SSSR count). The fraction of sp³-hybridized carbons (Fsp3) is 0.556. The summed E-state index contributed by atoms with van der Waals surface area (Å²) >= 11 is 0. The number of fused-ring (bicyclic) bond motifs is 1. The quantitative estimate of drug-likeness (QED) is 0.674. The zero-order valence-corrected chi connectivity index (χ0v) is 20.4. The summed E-state index contributed by atoms with van der Waals surface area (Å²) in [5.41, 5.74) is 0.606. The summed E-state index contributed by atoms with van der Waals surface area (Å²) in [5, 5.41) is 0. The van der Waals surface area contributed by atoms with Crippen LogP contribution in [0.3, 0.4) is 0 Å². The first-order chi connectivity index (χ1) is 17.1. The van der Waals surface area contributed by atoms with Gasteiger partial charge in [0.25, 0.3) is 11.8 Å². The van der Waals surface area contributed by atoms with Crippen molar-refractivity contribution in [1.82, 2.24) is 19.8 Å². The fourth-order valence-electron chi connectivity index (χ4n) is 5.06. The van der Waals surface area contributed by atoms with Gasteiger partial charge in [0.15, 0.2) is 5.60 Å². The largest absolute Gasteiger partial charge is 0.491 e. The van der Waals surface area contributed by atoms with Gasteiger partial charge >= 0.3 is 0 Å². The van der Waals surface area contributed by atoms with E-state index in [-0.39, 0.29) is 18.4 Å². The highest BCUT2D eigenvalue weighted by molar-refractivity contribution is 5.95. The van der Waals surface area contributed by atoms with Crippen molar-refractivity contribution in [2.75, 3.05) is 39.4 Å². The summed E-state index contributed by atoms with van der Waals surface area (Å²) in [6.45, 7) is 4.42. The molecule has 1 aliphatic carbocycles. The van der Waals surface area contributed by atoms with Crippen LogP contribution in [0.5, 0.6) is 5.75 Å². The molecule has 3 heterocycles. The summed E-state index contributed by atoms with van der Waals surface area (Å²) in [5.74, 6) is 1.95. The lowest BCUT2D eigenvalue weighted by Crippen LogP contribution is -2.62. The molecule has 0 bridgehead atoms. The van der Waals surface area contributed by atoms with Crippen molar-refractivity contribution in [2.24, 2.45) is 0 Å². The summed E-state index contributed by atoms with van der Waals surface area (Å²) in [7, 11) is 0. The number of carbonyl (C=O) groups excluding carboxylic acids is 2. The molecular formula is C27H34N4O4. The minimum Gasteiger partial charge on any atom is -0.491 e. The SMILES string of the molecule is CCN1CCOc2ccccc2CCCCC2(CN(C(=O)c3cnc(C4CC4)nc3)CCO2)C1=O. The van der Waals surface area contributed by atoms with E-state index in [4.69, 9.17) is 9.47 Å². The Hall–Kier alpha value is -3.00. The third-order valence-corrected chi connectivity index (χ3v) is 7.26. The van der Waals surface area contributed by atoms with Crippen molar-refractivity contribution in [1.29, 1.82) is 0 Å². The van der Waals surface area contributed by atoms with E-state index in [0.29, 0.717) is 50.8 Å². The first kappa shape index (κ1) is 23.7. The highest BCUT2D eigenvalue weighted by Crippen LogP contribution is 2.37. The van der Waals surface area contributed by atoms with Crippen LogP contribution in [0.4, 0.5) is 0 Å². The van der Waals surface area contributed by atoms with Gasteiger partial charge in [-0.15, -0.1) is 0 Å². The summed E-state index contributed by atoms with van der Waals surface area (Å²) in [6.07, 6.45) is 8.67. The first-order valence-electron chi connectivity index (χ1n) is 12.8. The molecule has 1 spiro atoms. The van der Waals surface area contributed by atoms with Crippen molar-refractivity contribution in [2.45, 2.75) is 57.0 Å². The maximum absolute atomic E-state index is 13.8. The molecule has 2 amide bonds.